The molecule has 6 rings (SSSR count). The summed E-state index contributed by atoms with van der Waals surface area (Å²) in [6.07, 6.45) is 3.69. The Morgan fingerprint density at radius 1 is 0.939 bits per heavy atom. The smallest absolute Gasteiger partial charge is 0.222 e. The third kappa shape index (κ3) is 3.78. The minimum atomic E-state index is 0.532. The largest absolute Gasteiger partial charge is 0.486 e. The average Bonchev–Trinajstić information content (AvgIpc) is 3.48. The summed E-state index contributed by atoms with van der Waals surface area (Å²) >= 11 is 0. The second-order valence-electron chi connectivity index (χ2n) is 7.54. The molecule has 1 aliphatic rings. The van der Waals surface area contributed by atoms with Crippen LogP contribution in [0.15, 0.2) is 84.1 Å². The lowest BCUT2D eigenvalue weighted by Crippen LogP contribution is -2.15. The van der Waals surface area contributed by atoms with E-state index in [9.17, 15) is 0 Å². The van der Waals surface area contributed by atoms with Crippen LogP contribution in [0.5, 0.6) is 11.5 Å². The molecule has 0 saturated heterocycles. The van der Waals surface area contributed by atoms with Gasteiger partial charge < -0.3 is 14.5 Å². The van der Waals surface area contributed by atoms with Crippen LogP contribution in [0, 0.1) is 0 Å². The molecule has 0 fully saturated rings. The summed E-state index contributed by atoms with van der Waals surface area (Å²) in [4.78, 5) is 7.70. The summed E-state index contributed by atoms with van der Waals surface area (Å²) < 4.78 is 13.3. The van der Waals surface area contributed by atoms with E-state index in [1.54, 1.807) is 6.21 Å². The number of para-hydroxylation sites is 3. The van der Waals surface area contributed by atoms with E-state index in [0.29, 0.717) is 19.2 Å². The van der Waals surface area contributed by atoms with Gasteiger partial charge in [0.05, 0.1) is 22.9 Å². The van der Waals surface area contributed by atoms with E-state index >= 15 is 0 Å². The van der Waals surface area contributed by atoms with Crippen LogP contribution in [0.4, 0.5) is 5.95 Å². The first-order chi connectivity index (χ1) is 16.3. The molecule has 0 radical (unpaired) electrons. The minimum absolute atomic E-state index is 0.532. The van der Waals surface area contributed by atoms with Crippen molar-refractivity contribution in [2.24, 2.45) is 5.10 Å². The fraction of sp³-hybridized carbons (Fsp3) is 0.0800. The molecule has 3 heterocycles. The summed E-state index contributed by atoms with van der Waals surface area (Å²) in [6.45, 7) is 1.09. The number of hydrogen-bond donors (Lipinski definition) is 2. The van der Waals surface area contributed by atoms with E-state index < -0.39 is 0 Å². The Labute approximate surface area is 189 Å². The third-order valence-corrected chi connectivity index (χ3v) is 5.34. The van der Waals surface area contributed by atoms with Crippen molar-refractivity contribution in [2.75, 3.05) is 18.6 Å². The van der Waals surface area contributed by atoms with E-state index in [1.165, 1.54) is 0 Å². The number of benzene rings is 3. The molecule has 33 heavy (non-hydrogen) atoms. The minimum Gasteiger partial charge on any atom is -0.486 e. The molecule has 0 aliphatic carbocycles. The van der Waals surface area contributed by atoms with Crippen molar-refractivity contribution in [3.8, 4) is 28.4 Å². The standard InChI is InChI=1S/C25H20N6O2/c1-2-6-19(7-3-1)31-16-18(15-26-29-25-27-20-8-4-5-9-21(20)28-25)24(30-31)17-10-11-22-23(14-17)33-13-12-32-22/h1-11,14-16H,12-13H2,(H2,27,28,29). The molecule has 0 atom stereocenters. The number of nitrogens with zero attached hydrogens (tertiary/aromatic N) is 4. The van der Waals surface area contributed by atoms with Gasteiger partial charge in [-0.1, -0.05) is 30.3 Å². The SMILES string of the molecule is C(=NNc1nc2ccccc2[nH]1)c1cn(-c2ccccc2)nc1-c1ccc2c(c1)OCCO2. The highest BCUT2D eigenvalue weighted by atomic mass is 16.6. The maximum Gasteiger partial charge on any atom is 0.222 e. The lowest BCUT2D eigenvalue weighted by atomic mass is 10.1. The fourth-order valence-corrected chi connectivity index (χ4v) is 3.78. The Morgan fingerprint density at radius 2 is 1.76 bits per heavy atom. The molecule has 8 heteroatoms. The van der Waals surface area contributed by atoms with Crippen molar-refractivity contribution in [1.82, 2.24) is 19.7 Å². The Morgan fingerprint density at radius 3 is 2.64 bits per heavy atom. The van der Waals surface area contributed by atoms with Crippen molar-refractivity contribution < 1.29 is 9.47 Å². The number of aromatic nitrogens is 4. The van der Waals surface area contributed by atoms with Crippen LogP contribution < -0.4 is 14.9 Å². The first-order valence-electron chi connectivity index (χ1n) is 10.6. The van der Waals surface area contributed by atoms with Crippen LogP contribution in [0.2, 0.25) is 0 Å². The van der Waals surface area contributed by atoms with E-state index in [-0.39, 0.29) is 0 Å². The normalized spacial score (nSPS) is 13.0. The number of imidazole rings is 1. The zero-order valence-electron chi connectivity index (χ0n) is 17.6. The summed E-state index contributed by atoms with van der Waals surface area (Å²) in [5.41, 5.74) is 8.31. The number of nitrogens with one attached hydrogen (secondary N) is 2. The number of hydrogen-bond acceptors (Lipinski definition) is 6. The molecule has 0 bridgehead atoms. The van der Waals surface area contributed by atoms with Gasteiger partial charge in [-0.25, -0.2) is 15.1 Å². The van der Waals surface area contributed by atoms with Crippen LogP contribution in [-0.2, 0) is 0 Å². The lowest BCUT2D eigenvalue weighted by Gasteiger charge is -2.18. The van der Waals surface area contributed by atoms with Gasteiger partial charge in [0.1, 0.15) is 18.9 Å². The van der Waals surface area contributed by atoms with Gasteiger partial charge in [0.25, 0.3) is 0 Å². The molecular weight excluding hydrogens is 416 g/mol. The molecule has 0 unspecified atom stereocenters. The summed E-state index contributed by atoms with van der Waals surface area (Å²) in [7, 11) is 0. The number of hydrazone groups is 1. The van der Waals surface area contributed by atoms with Crippen LogP contribution in [0.25, 0.3) is 28.0 Å². The summed E-state index contributed by atoms with van der Waals surface area (Å²) in [5, 5.41) is 9.25. The number of rotatable bonds is 5. The molecule has 3 aromatic carbocycles. The van der Waals surface area contributed by atoms with Crippen LogP contribution in [0.1, 0.15) is 5.56 Å². The number of fused-ring (bicyclic) bond motifs is 2. The van der Waals surface area contributed by atoms with Gasteiger partial charge in [-0.2, -0.15) is 10.2 Å². The highest BCUT2D eigenvalue weighted by molar-refractivity contribution is 5.89. The Kier molecular flexibility index (Phi) is 4.73. The number of aromatic amines is 1. The highest BCUT2D eigenvalue weighted by Gasteiger charge is 2.16. The maximum absolute atomic E-state index is 5.77. The maximum atomic E-state index is 5.77. The van der Waals surface area contributed by atoms with Gasteiger partial charge in [-0.3, -0.25) is 0 Å². The molecule has 2 N–H and O–H groups in total. The summed E-state index contributed by atoms with van der Waals surface area (Å²) in [5.74, 6) is 2.04. The topological polar surface area (TPSA) is 89.4 Å². The Hall–Kier alpha value is -4.59. The zero-order chi connectivity index (χ0) is 22.0. The first kappa shape index (κ1) is 19.1. The second-order valence-corrected chi connectivity index (χ2v) is 7.54. The number of anilines is 1. The van der Waals surface area contributed by atoms with Gasteiger partial charge in [-0.15, -0.1) is 0 Å². The molecule has 2 aromatic heterocycles. The molecule has 0 saturated carbocycles. The van der Waals surface area contributed by atoms with Gasteiger partial charge in [0.2, 0.25) is 5.95 Å². The quantitative estimate of drug-likeness (QED) is 0.310. The van der Waals surface area contributed by atoms with Gasteiger partial charge >= 0.3 is 0 Å². The zero-order valence-corrected chi connectivity index (χ0v) is 17.6. The van der Waals surface area contributed by atoms with Crippen molar-refractivity contribution >= 4 is 23.2 Å². The highest BCUT2D eigenvalue weighted by Crippen LogP contribution is 2.35. The van der Waals surface area contributed by atoms with Crippen LogP contribution in [0.3, 0.4) is 0 Å². The predicted molar refractivity (Wildman–Crippen MR) is 127 cm³/mol. The second kappa shape index (κ2) is 8.16. The van der Waals surface area contributed by atoms with Gasteiger partial charge in [-0.05, 0) is 42.5 Å². The predicted octanol–water partition coefficient (Wildman–Crippen LogP) is 4.63. The fourth-order valence-electron chi connectivity index (χ4n) is 3.78. The Balaban J connectivity index is 1.35. The molecule has 5 aromatic rings. The van der Waals surface area contributed by atoms with Crippen molar-refractivity contribution in [3.05, 3.63) is 84.6 Å². The molecule has 0 amide bonds. The van der Waals surface area contributed by atoms with Crippen molar-refractivity contribution in [1.29, 1.82) is 0 Å². The molecule has 0 spiro atoms. The third-order valence-electron chi connectivity index (χ3n) is 5.34. The van der Waals surface area contributed by atoms with E-state index in [2.05, 4.69) is 20.5 Å². The molecule has 8 nitrogen and oxygen atoms in total. The van der Waals surface area contributed by atoms with E-state index in [4.69, 9.17) is 14.6 Å². The lowest BCUT2D eigenvalue weighted by molar-refractivity contribution is 0.171. The van der Waals surface area contributed by atoms with Crippen LogP contribution >= 0.6 is 0 Å². The van der Waals surface area contributed by atoms with Crippen molar-refractivity contribution in [3.63, 3.8) is 0 Å². The first-order valence-corrected chi connectivity index (χ1v) is 10.6. The molecular formula is C25H20N6O2. The Bertz CT molecular complexity index is 1420. The van der Waals surface area contributed by atoms with Crippen molar-refractivity contribution in [2.45, 2.75) is 0 Å². The van der Waals surface area contributed by atoms with Gasteiger partial charge in [0, 0.05) is 17.3 Å². The average molecular weight is 436 g/mol. The monoisotopic (exact) mass is 436 g/mol. The molecule has 1 aliphatic heterocycles. The molecule has 162 valence electrons. The van der Waals surface area contributed by atoms with E-state index in [1.807, 2.05) is 83.7 Å². The van der Waals surface area contributed by atoms with Gasteiger partial charge in [0.15, 0.2) is 11.5 Å². The van der Waals surface area contributed by atoms with E-state index in [0.717, 1.165) is 45.0 Å². The summed E-state index contributed by atoms with van der Waals surface area (Å²) in [6, 6.07) is 23.7. The van der Waals surface area contributed by atoms with Crippen LogP contribution in [-0.4, -0.2) is 39.2 Å². The number of ether oxygens (including phenoxy) is 2. The number of H-pyrrole nitrogens is 1.